The Balaban J connectivity index is 2.35. The molecule has 0 aliphatic carbocycles. The van der Waals surface area contributed by atoms with Gasteiger partial charge in [0, 0.05) is 13.2 Å². The zero-order valence-electron chi connectivity index (χ0n) is 14.3. The van der Waals surface area contributed by atoms with Crippen LogP contribution in [0.25, 0.3) is 0 Å². The number of ether oxygens (including phenoxy) is 1. The van der Waals surface area contributed by atoms with E-state index in [-0.39, 0.29) is 18.0 Å². The first-order chi connectivity index (χ1) is 12.2. The van der Waals surface area contributed by atoms with Gasteiger partial charge in [-0.05, 0) is 12.5 Å². The van der Waals surface area contributed by atoms with E-state index in [1.807, 2.05) is 0 Å². The Hall–Kier alpha value is -2.88. The molecule has 0 spiro atoms. The van der Waals surface area contributed by atoms with Gasteiger partial charge in [0.2, 0.25) is 10.0 Å². The van der Waals surface area contributed by atoms with E-state index in [1.54, 1.807) is 37.3 Å². The molecule has 2 rings (SSSR count). The van der Waals surface area contributed by atoms with E-state index in [0.717, 1.165) is 10.8 Å². The van der Waals surface area contributed by atoms with Gasteiger partial charge in [-0.25, -0.2) is 17.8 Å². The van der Waals surface area contributed by atoms with Crippen LogP contribution in [0.1, 0.15) is 12.5 Å². The highest BCUT2D eigenvalue weighted by Crippen LogP contribution is 2.08. The average molecular weight is 381 g/mol. The number of hydrogen-bond donors (Lipinski definition) is 1. The molecule has 0 atom stereocenters. The van der Waals surface area contributed by atoms with Gasteiger partial charge in [0.15, 0.2) is 0 Å². The van der Waals surface area contributed by atoms with Crippen molar-refractivity contribution in [1.82, 2.24) is 9.13 Å². The fraction of sp³-hybridized carbons (Fsp3) is 0.312. The number of nitrogens with one attached hydrogen (secondary N) is 1. The Bertz CT molecular complexity index is 1010. The zero-order valence-corrected chi connectivity index (χ0v) is 15.2. The number of rotatable bonds is 7. The van der Waals surface area contributed by atoms with Crippen LogP contribution in [0.15, 0.2) is 46.1 Å². The van der Waals surface area contributed by atoms with Crippen LogP contribution in [-0.4, -0.2) is 30.1 Å². The number of aromatic nitrogens is 2. The van der Waals surface area contributed by atoms with E-state index in [4.69, 9.17) is 4.74 Å². The number of esters is 1. The lowest BCUT2D eigenvalue weighted by Crippen LogP contribution is -2.42. The highest BCUT2D eigenvalue weighted by atomic mass is 32.2. The van der Waals surface area contributed by atoms with Gasteiger partial charge < -0.3 is 9.30 Å². The quantitative estimate of drug-likeness (QED) is 0.678. The first-order valence-electron chi connectivity index (χ1n) is 7.74. The Morgan fingerprint density at radius 2 is 1.85 bits per heavy atom. The van der Waals surface area contributed by atoms with Crippen molar-refractivity contribution in [3.05, 3.63) is 62.9 Å². The Kier molecular flexibility index (Phi) is 5.98. The van der Waals surface area contributed by atoms with Crippen molar-refractivity contribution in [2.75, 3.05) is 11.3 Å². The van der Waals surface area contributed by atoms with Gasteiger partial charge in [-0.1, -0.05) is 30.3 Å². The lowest BCUT2D eigenvalue weighted by molar-refractivity contribution is -0.143. The lowest BCUT2D eigenvalue weighted by atomic mass is 10.2. The summed E-state index contributed by atoms with van der Waals surface area (Å²) in [5.74, 6) is -1.11. The van der Waals surface area contributed by atoms with Crippen molar-refractivity contribution in [1.29, 1.82) is 0 Å². The number of nitrogens with zero attached hydrogens (tertiary/aromatic N) is 2. The summed E-state index contributed by atoms with van der Waals surface area (Å²) in [7, 11) is -2.54. The van der Waals surface area contributed by atoms with Crippen molar-refractivity contribution in [3.8, 4) is 0 Å². The molecule has 1 heterocycles. The van der Waals surface area contributed by atoms with Crippen molar-refractivity contribution >= 4 is 21.7 Å². The average Bonchev–Trinajstić information content (AvgIpc) is 2.57. The first kappa shape index (κ1) is 19.4. The second kappa shape index (κ2) is 8.00. The van der Waals surface area contributed by atoms with Crippen LogP contribution in [0.5, 0.6) is 0 Å². The number of carbonyl (C=O) groups is 1. The molecule has 1 N–H and O–H groups in total. The van der Waals surface area contributed by atoms with Crippen LogP contribution in [0, 0.1) is 0 Å². The maximum absolute atomic E-state index is 12.4. The molecule has 10 heteroatoms. The topological polar surface area (TPSA) is 116 Å². The minimum Gasteiger partial charge on any atom is -0.465 e. The molecule has 0 fully saturated rings. The predicted octanol–water partition coefficient (Wildman–Crippen LogP) is 0.0520. The third-order valence-corrected chi connectivity index (χ3v) is 4.63. The number of aryl methyl sites for hydroxylation is 1. The van der Waals surface area contributed by atoms with Crippen molar-refractivity contribution < 1.29 is 17.9 Å². The van der Waals surface area contributed by atoms with Crippen LogP contribution < -0.4 is 16.0 Å². The normalized spacial score (nSPS) is 11.2. The zero-order chi connectivity index (χ0) is 19.3. The summed E-state index contributed by atoms with van der Waals surface area (Å²) in [6.07, 6.45) is 1.08. The third-order valence-electron chi connectivity index (χ3n) is 3.39. The van der Waals surface area contributed by atoms with E-state index in [2.05, 4.69) is 4.72 Å². The van der Waals surface area contributed by atoms with Gasteiger partial charge in [-0.15, -0.1) is 0 Å². The molecule has 0 saturated heterocycles. The van der Waals surface area contributed by atoms with Crippen LogP contribution in [0.4, 0.5) is 5.69 Å². The number of hydrogen-bond acceptors (Lipinski definition) is 6. The SMILES string of the molecule is CCOC(=O)Cn1c(=O)c(NS(=O)(=O)Cc2ccccc2)cn(C)c1=O. The van der Waals surface area contributed by atoms with Gasteiger partial charge in [-0.2, -0.15) is 0 Å². The molecule has 140 valence electrons. The molecule has 0 unspecified atom stereocenters. The standard InChI is InChI=1S/C16H19N3O6S/c1-3-25-14(20)10-19-15(21)13(9-18(2)16(19)22)17-26(23,24)11-12-7-5-4-6-8-12/h4-9,17H,3,10-11H2,1-2H3. The van der Waals surface area contributed by atoms with E-state index in [1.165, 1.54) is 7.05 Å². The second-order valence-electron chi connectivity index (χ2n) is 5.48. The maximum Gasteiger partial charge on any atom is 0.331 e. The van der Waals surface area contributed by atoms with Gasteiger partial charge in [0.1, 0.15) is 12.2 Å². The van der Waals surface area contributed by atoms with Gasteiger partial charge >= 0.3 is 11.7 Å². The highest BCUT2D eigenvalue weighted by molar-refractivity contribution is 7.91. The van der Waals surface area contributed by atoms with Gasteiger partial charge in [0.25, 0.3) is 5.56 Å². The maximum atomic E-state index is 12.4. The molecule has 0 amide bonds. The predicted molar refractivity (Wildman–Crippen MR) is 95.3 cm³/mol. The molecule has 2 aromatic rings. The molecule has 1 aromatic heterocycles. The fourth-order valence-electron chi connectivity index (χ4n) is 2.27. The monoisotopic (exact) mass is 381 g/mol. The molecular weight excluding hydrogens is 362 g/mol. The number of sulfonamides is 1. The number of benzene rings is 1. The summed E-state index contributed by atoms with van der Waals surface area (Å²) < 4.78 is 33.2. The minimum absolute atomic E-state index is 0.0945. The number of carbonyl (C=O) groups excluding carboxylic acids is 1. The third kappa shape index (κ3) is 4.82. The second-order valence-corrected chi connectivity index (χ2v) is 7.20. The van der Waals surface area contributed by atoms with E-state index in [9.17, 15) is 22.8 Å². The van der Waals surface area contributed by atoms with Crippen molar-refractivity contribution in [2.24, 2.45) is 7.05 Å². The van der Waals surface area contributed by atoms with Crippen LogP contribution in [0.2, 0.25) is 0 Å². The van der Waals surface area contributed by atoms with Crippen LogP contribution >= 0.6 is 0 Å². The Morgan fingerprint density at radius 3 is 2.46 bits per heavy atom. The molecule has 0 radical (unpaired) electrons. The van der Waals surface area contributed by atoms with Crippen LogP contribution in [-0.2, 0) is 38.9 Å². The van der Waals surface area contributed by atoms with Crippen molar-refractivity contribution in [3.63, 3.8) is 0 Å². The Labute approximate surface area is 149 Å². The van der Waals surface area contributed by atoms with Gasteiger partial charge in [0.05, 0.1) is 12.4 Å². The summed E-state index contributed by atoms with van der Waals surface area (Å²) in [6.45, 7) is 1.08. The molecular formula is C16H19N3O6S. The molecule has 0 bridgehead atoms. The molecule has 0 aliphatic heterocycles. The fourth-order valence-corrected chi connectivity index (χ4v) is 3.45. The summed E-state index contributed by atoms with van der Waals surface area (Å²) in [5.41, 5.74) is -1.46. The molecule has 1 aromatic carbocycles. The van der Waals surface area contributed by atoms with Crippen LogP contribution in [0.3, 0.4) is 0 Å². The molecule has 26 heavy (non-hydrogen) atoms. The Morgan fingerprint density at radius 1 is 1.19 bits per heavy atom. The van der Waals surface area contributed by atoms with Gasteiger partial charge in [-0.3, -0.25) is 14.3 Å². The molecule has 0 aliphatic rings. The first-order valence-corrected chi connectivity index (χ1v) is 9.39. The van der Waals surface area contributed by atoms with E-state index < -0.39 is 33.8 Å². The van der Waals surface area contributed by atoms with Crippen molar-refractivity contribution in [2.45, 2.75) is 19.2 Å². The molecule has 0 saturated carbocycles. The summed E-state index contributed by atoms with van der Waals surface area (Å²) in [4.78, 5) is 36.1. The van der Waals surface area contributed by atoms with E-state index >= 15 is 0 Å². The summed E-state index contributed by atoms with van der Waals surface area (Å²) in [6, 6.07) is 8.43. The summed E-state index contributed by atoms with van der Waals surface area (Å²) in [5, 5.41) is 0. The largest absolute Gasteiger partial charge is 0.465 e. The minimum atomic E-state index is -3.89. The number of anilines is 1. The lowest BCUT2D eigenvalue weighted by Gasteiger charge is -2.12. The highest BCUT2D eigenvalue weighted by Gasteiger charge is 2.18. The summed E-state index contributed by atoms with van der Waals surface area (Å²) >= 11 is 0. The smallest absolute Gasteiger partial charge is 0.331 e. The van der Waals surface area contributed by atoms with E-state index in [0.29, 0.717) is 10.1 Å². The molecule has 9 nitrogen and oxygen atoms in total.